The summed E-state index contributed by atoms with van der Waals surface area (Å²) in [6.07, 6.45) is 0. The zero-order valence-electron chi connectivity index (χ0n) is 11.3. The van der Waals surface area contributed by atoms with Gasteiger partial charge in [-0.2, -0.15) is 0 Å². The molecule has 1 aromatic heterocycles. The number of methoxy groups -OCH3 is 1. The Kier molecular flexibility index (Phi) is 3.03. The fourth-order valence-electron chi connectivity index (χ4n) is 2.12. The highest BCUT2D eigenvalue weighted by Crippen LogP contribution is 2.24. The van der Waals surface area contributed by atoms with Crippen LogP contribution >= 0.6 is 0 Å². The molecule has 0 radical (unpaired) electrons. The third-order valence-electron chi connectivity index (χ3n) is 3.27. The molecule has 20 heavy (non-hydrogen) atoms. The fourth-order valence-corrected chi connectivity index (χ4v) is 2.12. The Bertz CT molecular complexity index is 814. The van der Waals surface area contributed by atoms with Gasteiger partial charge in [-0.25, -0.2) is 0 Å². The van der Waals surface area contributed by atoms with Gasteiger partial charge in [0.1, 0.15) is 17.1 Å². The summed E-state index contributed by atoms with van der Waals surface area (Å²) in [5.41, 5.74) is 2.54. The van der Waals surface area contributed by atoms with Gasteiger partial charge in [0, 0.05) is 17.7 Å². The van der Waals surface area contributed by atoms with E-state index >= 15 is 0 Å². The van der Waals surface area contributed by atoms with Gasteiger partial charge in [0.15, 0.2) is 5.43 Å². The van der Waals surface area contributed by atoms with Crippen LogP contribution in [0.25, 0.3) is 22.3 Å². The van der Waals surface area contributed by atoms with Crippen molar-refractivity contribution in [3.8, 4) is 17.1 Å². The number of ether oxygens (including phenoxy) is 1. The quantitative estimate of drug-likeness (QED) is 0.708. The maximum absolute atomic E-state index is 12.1. The highest BCUT2D eigenvalue weighted by atomic mass is 16.5. The molecule has 0 aliphatic rings. The minimum absolute atomic E-state index is 0.0514. The molecule has 3 nitrogen and oxygen atoms in total. The van der Waals surface area contributed by atoms with Crippen molar-refractivity contribution in [2.45, 2.75) is 6.92 Å². The Balaban J connectivity index is 2.22. The predicted octanol–water partition coefficient (Wildman–Crippen LogP) is 3.78. The highest BCUT2D eigenvalue weighted by Gasteiger charge is 2.07. The maximum Gasteiger partial charge on any atom is 0.193 e. The Labute approximate surface area is 116 Å². The Hall–Kier alpha value is -2.55. The van der Waals surface area contributed by atoms with Gasteiger partial charge in [-0.15, -0.1) is 0 Å². The summed E-state index contributed by atoms with van der Waals surface area (Å²) in [7, 11) is 1.59. The van der Waals surface area contributed by atoms with E-state index in [0.29, 0.717) is 22.5 Å². The minimum atomic E-state index is -0.0514. The molecule has 0 saturated carbocycles. The molecule has 100 valence electrons. The average Bonchev–Trinajstić information content (AvgIpc) is 2.47. The van der Waals surface area contributed by atoms with Crippen LogP contribution in [-0.2, 0) is 0 Å². The van der Waals surface area contributed by atoms with Gasteiger partial charge in [0.2, 0.25) is 0 Å². The second-order valence-corrected chi connectivity index (χ2v) is 4.70. The third kappa shape index (κ3) is 2.18. The van der Waals surface area contributed by atoms with Crippen LogP contribution in [0.3, 0.4) is 0 Å². The molecule has 0 amide bonds. The van der Waals surface area contributed by atoms with Gasteiger partial charge < -0.3 is 9.15 Å². The molecule has 3 aromatic rings. The van der Waals surface area contributed by atoms with Gasteiger partial charge in [0.25, 0.3) is 0 Å². The fraction of sp³-hybridized carbons (Fsp3) is 0.118. The first-order valence-electron chi connectivity index (χ1n) is 6.36. The second-order valence-electron chi connectivity index (χ2n) is 4.70. The maximum atomic E-state index is 12.1. The number of aryl methyl sites for hydroxylation is 1. The van der Waals surface area contributed by atoms with E-state index in [2.05, 4.69) is 0 Å². The van der Waals surface area contributed by atoms with E-state index < -0.39 is 0 Å². The van der Waals surface area contributed by atoms with Crippen LogP contribution in [0.2, 0.25) is 0 Å². The van der Waals surface area contributed by atoms with Gasteiger partial charge in [-0.3, -0.25) is 4.79 Å². The van der Waals surface area contributed by atoms with Crippen LogP contribution < -0.4 is 10.2 Å². The molecular weight excluding hydrogens is 252 g/mol. The van der Waals surface area contributed by atoms with Crippen LogP contribution in [-0.4, -0.2) is 7.11 Å². The van der Waals surface area contributed by atoms with Crippen LogP contribution in [0.15, 0.2) is 57.7 Å². The largest absolute Gasteiger partial charge is 0.497 e. The minimum Gasteiger partial charge on any atom is -0.497 e. The standard InChI is InChI=1S/C17H14O3/c1-11-3-5-12(6-4-11)16-10-15(18)14-8-7-13(19-2)9-17(14)20-16/h3-10H,1-2H3. The van der Waals surface area contributed by atoms with E-state index in [9.17, 15) is 4.79 Å². The van der Waals surface area contributed by atoms with Crippen LogP contribution in [0, 0.1) is 6.92 Å². The molecule has 0 saturated heterocycles. The molecule has 0 N–H and O–H groups in total. The lowest BCUT2D eigenvalue weighted by molar-refractivity contribution is 0.414. The molecule has 2 aromatic carbocycles. The Morgan fingerprint density at radius 3 is 2.45 bits per heavy atom. The van der Waals surface area contributed by atoms with Crippen molar-refractivity contribution < 1.29 is 9.15 Å². The lowest BCUT2D eigenvalue weighted by Crippen LogP contribution is -2.00. The van der Waals surface area contributed by atoms with Crippen molar-refractivity contribution in [2.24, 2.45) is 0 Å². The summed E-state index contributed by atoms with van der Waals surface area (Å²) in [4.78, 5) is 12.1. The second kappa shape index (κ2) is 4.85. The molecule has 0 aliphatic carbocycles. The van der Waals surface area contributed by atoms with Crippen molar-refractivity contribution in [3.05, 3.63) is 64.3 Å². The van der Waals surface area contributed by atoms with E-state index in [1.165, 1.54) is 11.6 Å². The molecule has 0 fully saturated rings. The number of benzene rings is 2. The van der Waals surface area contributed by atoms with Crippen LogP contribution in [0.4, 0.5) is 0 Å². The molecule has 0 atom stereocenters. The molecule has 0 aliphatic heterocycles. The van der Waals surface area contributed by atoms with Crippen LogP contribution in [0.1, 0.15) is 5.56 Å². The topological polar surface area (TPSA) is 39.4 Å². The summed E-state index contributed by atoms with van der Waals surface area (Å²) in [5, 5.41) is 0.557. The van der Waals surface area contributed by atoms with Crippen molar-refractivity contribution in [1.29, 1.82) is 0 Å². The van der Waals surface area contributed by atoms with Gasteiger partial charge in [0.05, 0.1) is 12.5 Å². The predicted molar refractivity (Wildman–Crippen MR) is 79.2 cm³/mol. The molecule has 0 unspecified atom stereocenters. The molecular formula is C17H14O3. The number of hydrogen-bond donors (Lipinski definition) is 0. The molecule has 0 spiro atoms. The van der Waals surface area contributed by atoms with Crippen molar-refractivity contribution in [1.82, 2.24) is 0 Å². The zero-order valence-corrected chi connectivity index (χ0v) is 11.3. The van der Waals surface area contributed by atoms with Crippen molar-refractivity contribution in [2.75, 3.05) is 7.11 Å². The van der Waals surface area contributed by atoms with Gasteiger partial charge in [-0.05, 0) is 19.1 Å². The van der Waals surface area contributed by atoms with Crippen molar-refractivity contribution >= 4 is 11.0 Å². The smallest absolute Gasteiger partial charge is 0.193 e. The number of hydrogen-bond acceptors (Lipinski definition) is 3. The summed E-state index contributed by atoms with van der Waals surface area (Å²) >= 11 is 0. The summed E-state index contributed by atoms with van der Waals surface area (Å²) in [6.45, 7) is 2.02. The first kappa shape index (κ1) is 12.5. The van der Waals surface area contributed by atoms with E-state index in [4.69, 9.17) is 9.15 Å². The normalized spacial score (nSPS) is 10.7. The zero-order chi connectivity index (χ0) is 14.1. The van der Waals surface area contributed by atoms with Gasteiger partial charge in [-0.1, -0.05) is 29.8 Å². The SMILES string of the molecule is COc1ccc2c(=O)cc(-c3ccc(C)cc3)oc2c1. The summed E-state index contributed by atoms with van der Waals surface area (Å²) in [6, 6.07) is 14.6. The molecule has 0 bridgehead atoms. The van der Waals surface area contributed by atoms with E-state index in [-0.39, 0.29) is 5.43 Å². The van der Waals surface area contributed by atoms with E-state index in [1.807, 2.05) is 31.2 Å². The summed E-state index contributed by atoms with van der Waals surface area (Å²) < 4.78 is 11.0. The van der Waals surface area contributed by atoms with Gasteiger partial charge >= 0.3 is 0 Å². The molecule has 3 heteroatoms. The third-order valence-corrected chi connectivity index (χ3v) is 3.27. The number of fused-ring (bicyclic) bond motifs is 1. The Morgan fingerprint density at radius 2 is 1.75 bits per heavy atom. The first-order chi connectivity index (χ1) is 9.67. The molecule has 3 rings (SSSR count). The first-order valence-corrected chi connectivity index (χ1v) is 6.36. The monoisotopic (exact) mass is 266 g/mol. The summed E-state index contributed by atoms with van der Waals surface area (Å²) in [5.74, 6) is 1.23. The number of rotatable bonds is 2. The van der Waals surface area contributed by atoms with E-state index in [1.54, 1.807) is 25.3 Å². The van der Waals surface area contributed by atoms with Crippen LogP contribution in [0.5, 0.6) is 5.75 Å². The Morgan fingerprint density at radius 1 is 1.00 bits per heavy atom. The highest BCUT2D eigenvalue weighted by molar-refractivity contribution is 5.80. The van der Waals surface area contributed by atoms with E-state index in [0.717, 1.165) is 5.56 Å². The lowest BCUT2D eigenvalue weighted by Gasteiger charge is -2.05. The molecule has 1 heterocycles. The average molecular weight is 266 g/mol. The lowest BCUT2D eigenvalue weighted by atomic mass is 10.1. The van der Waals surface area contributed by atoms with Crippen molar-refractivity contribution in [3.63, 3.8) is 0 Å².